The van der Waals surface area contributed by atoms with E-state index >= 15 is 0 Å². The first-order valence-electron chi connectivity index (χ1n) is 9.09. The molecule has 5 heteroatoms. The summed E-state index contributed by atoms with van der Waals surface area (Å²) in [6.07, 6.45) is 0. The van der Waals surface area contributed by atoms with E-state index in [2.05, 4.69) is 90.0 Å². The molecule has 0 radical (unpaired) electrons. The molecule has 3 aromatic carbocycles. The average Bonchev–Trinajstić information content (AvgIpc) is 2.74. The van der Waals surface area contributed by atoms with Gasteiger partial charge in [-0.15, -0.1) is 22.4 Å². The molecule has 0 aliphatic carbocycles. The Hall–Kier alpha value is -0.808. The van der Waals surface area contributed by atoms with E-state index in [4.69, 9.17) is 0 Å². The quantitative estimate of drug-likeness (QED) is 0.207. The molecule has 0 amide bonds. The van der Waals surface area contributed by atoms with E-state index < -0.39 is 8.23 Å². The van der Waals surface area contributed by atoms with Crippen molar-refractivity contribution < 1.29 is 22.4 Å². The molecular weight excluding hydrogens is 482 g/mol. The molecule has 0 aromatic heterocycles. The van der Waals surface area contributed by atoms with Gasteiger partial charge in [-0.05, 0) is 20.1 Å². The van der Waals surface area contributed by atoms with Crippen LogP contribution in [0.4, 0.5) is 4.20 Å². The zero-order valence-corrected chi connectivity index (χ0v) is 20.2. The van der Waals surface area contributed by atoms with Crippen molar-refractivity contribution in [1.29, 1.82) is 0 Å². The van der Waals surface area contributed by atoms with Crippen LogP contribution in [-0.4, -0.2) is 24.7 Å². The average molecular weight is 510 g/mol. The molecule has 3 rings (SSSR count). The number of nitrogens with zero attached hydrogens (tertiary/aromatic N) is 1. The molecule has 154 valence electrons. The first-order chi connectivity index (χ1) is 13.4. The molecule has 0 saturated carbocycles. The van der Waals surface area contributed by atoms with Gasteiger partial charge < -0.3 is 4.90 Å². The number of benzene rings is 3. The predicted molar refractivity (Wildman–Crippen MR) is 120 cm³/mol. The van der Waals surface area contributed by atoms with Crippen molar-refractivity contribution in [3.05, 3.63) is 78.4 Å². The van der Waals surface area contributed by atoms with Crippen molar-refractivity contribution in [3.8, 4) is 0 Å². The van der Waals surface area contributed by atoms with Gasteiger partial charge in [-0.1, -0.05) is 69.3 Å². The van der Waals surface area contributed by atoms with Crippen molar-refractivity contribution in [1.82, 2.24) is 4.90 Å². The fraction of sp³-hybridized carbons (Fsp3) is 0.304. The summed E-state index contributed by atoms with van der Waals surface area (Å²) in [7, 11) is 7.26. The SMILES string of the molecule is CC(C)[P@@](F)c1ccccc1.C[C@H](c1c[c-]cc2ccccc12)N(C)C.[Cl][Pd+]. The summed E-state index contributed by atoms with van der Waals surface area (Å²) >= 11 is 2.22. The van der Waals surface area contributed by atoms with E-state index in [-0.39, 0.29) is 5.66 Å². The Morgan fingerprint density at radius 1 is 0.929 bits per heavy atom. The topological polar surface area (TPSA) is 3.24 Å². The molecule has 3 aromatic rings. The number of hydrogen-bond donors (Lipinski definition) is 0. The number of hydrogen-bond acceptors (Lipinski definition) is 1. The Morgan fingerprint density at radius 2 is 1.50 bits per heavy atom. The van der Waals surface area contributed by atoms with Crippen LogP contribution >= 0.6 is 17.8 Å². The van der Waals surface area contributed by atoms with Crippen molar-refractivity contribution in [2.45, 2.75) is 32.5 Å². The standard InChI is InChI=1S/C14H16N.C9H12FP.ClH.Pd/c1-11(15(2)3)13-10-6-8-12-7-4-5-9-14(12)13;1-8(2)11(10)9-6-4-3-5-7-9;;/h4-5,7-11H,1-3H3;3-8H,1-2H3;1H;/q-1;;;+2/p-1/t2*11-;;/m11../s1. The molecule has 0 aliphatic rings. The maximum absolute atomic E-state index is 13.3. The Labute approximate surface area is 185 Å². The van der Waals surface area contributed by atoms with Crippen molar-refractivity contribution in [3.63, 3.8) is 0 Å². The summed E-state index contributed by atoms with van der Waals surface area (Å²) in [6.45, 7) is 6.05. The van der Waals surface area contributed by atoms with Gasteiger partial charge in [0, 0.05) is 11.0 Å². The monoisotopic (exact) mass is 509 g/mol. The van der Waals surface area contributed by atoms with Crippen LogP contribution in [0.1, 0.15) is 32.4 Å². The van der Waals surface area contributed by atoms with Crippen LogP contribution < -0.4 is 5.30 Å². The van der Waals surface area contributed by atoms with E-state index in [0.717, 1.165) is 5.30 Å². The molecule has 0 aliphatic heterocycles. The van der Waals surface area contributed by atoms with Gasteiger partial charge in [0.05, 0.1) is 0 Å². The van der Waals surface area contributed by atoms with E-state index in [1.807, 2.05) is 50.2 Å². The first kappa shape index (κ1) is 25.2. The molecular formula is C23H28ClFNPPd. The van der Waals surface area contributed by atoms with E-state index in [1.165, 1.54) is 16.3 Å². The summed E-state index contributed by atoms with van der Waals surface area (Å²) in [4.78, 5) is 2.22. The molecule has 0 spiro atoms. The Balaban J connectivity index is 0.000000268. The van der Waals surface area contributed by atoms with Crippen LogP contribution in [0.5, 0.6) is 0 Å². The van der Waals surface area contributed by atoms with E-state index in [9.17, 15) is 4.20 Å². The van der Waals surface area contributed by atoms with Gasteiger partial charge >= 0.3 is 27.7 Å². The van der Waals surface area contributed by atoms with E-state index in [1.54, 1.807) is 0 Å². The van der Waals surface area contributed by atoms with Crippen molar-refractivity contribution in [2.24, 2.45) is 0 Å². The van der Waals surface area contributed by atoms with Gasteiger partial charge in [0.25, 0.3) is 0 Å². The van der Waals surface area contributed by atoms with Crippen molar-refractivity contribution >= 4 is 33.8 Å². The van der Waals surface area contributed by atoms with E-state index in [0.29, 0.717) is 6.04 Å². The van der Waals surface area contributed by atoms with Crippen LogP contribution in [-0.2, 0) is 18.2 Å². The fourth-order valence-electron chi connectivity index (χ4n) is 2.68. The van der Waals surface area contributed by atoms with Gasteiger partial charge in [0.2, 0.25) is 0 Å². The summed E-state index contributed by atoms with van der Waals surface area (Å²) in [5, 5.41) is 3.44. The summed E-state index contributed by atoms with van der Waals surface area (Å²) in [6, 6.07) is 25.6. The van der Waals surface area contributed by atoms with Crippen LogP contribution in [0.15, 0.2) is 66.7 Å². The molecule has 28 heavy (non-hydrogen) atoms. The summed E-state index contributed by atoms with van der Waals surface area (Å²) < 4.78 is 13.3. The Morgan fingerprint density at radius 3 is 2.07 bits per heavy atom. The van der Waals surface area contributed by atoms with Gasteiger partial charge in [0.15, 0.2) is 0 Å². The third-order valence-electron chi connectivity index (χ3n) is 4.43. The number of rotatable bonds is 4. The molecule has 0 saturated heterocycles. The Bertz CT molecular complexity index is 809. The summed E-state index contributed by atoms with van der Waals surface area (Å²) in [5.74, 6) is 0. The Kier molecular flexibility index (Phi) is 12.1. The third kappa shape index (κ3) is 7.55. The van der Waals surface area contributed by atoms with Gasteiger partial charge in [-0.3, -0.25) is 0 Å². The van der Waals surface area contributed by atoms with Gasteiger partial charge in [-0.2, -0.15) is 18.2 Å². The van der Waals surface area contributed by atoms with Crippen LogP contribution in [0, 0.1) is 6.07 Å². The second-order valence-corrected chi connectivity index (χ2v) is 9.05. The fourth-order valence-corrected chi connectivity index (χ4v) is 3.73. The molecule has 2 atom stereocenters. The molecule has 1 nitrogen and oxygen atoms in total. The van der Waals surface area contributed by atoms with Gasteiger partial charge in [0.1, 0.15) is 8.23 Å². The minimum atomic E-state index is -1.43. The second kappa shape index (κ2) is 13.4. The normalized spacial score (nSPS) is 12.7. The van der Waals surface area contributed by atoms with Crippen molar-refractivity contribution in [2.75, 3.05) is 14.1 Å². The second-order valence-electron chi connectivity index (χ2n) is 6.88. The first-order valence-corrected chi connectivity index (χ1v) is 12.4. The molecule has 0 fully saturated rings. The predicted octanol–water partition coefficient (Wildman–Crippen LogP) is 7.04. The zero-order chi connectivity index (χ0) is 21.1. The number of halogens is 2. The van der Waals surface area contributed by atoms with Crippen LogP contribution in [0.2, 0.25) is 0 Å². The third-order valence-corrected chi connectivity index (χ3v) is 6.13. The maximum atomic E-state index is 13.3. The molecule has 0 unspecified atom stereocenters. The van der Waals surface area contributed by atoms with Gasteiger partial charge in [-0.25, -0.2) is 4.20 Å². The van der Waals surface area contributed by atoms with Crippen LogP contribution in [0.3, 0.4) is 0 Å². The summed E-state index contributed by atoms with van der Waals surface area (Å²) in [5.41, 5.74) is 1.48. The van der Waals surface area contributed by atoms with Crippen LogP contribution in [0.25, 0.3) is 10.8 Å². The number of fused-ring (bicyclic) bond motifs is 1. The molecule has 0 N–H and O–H groups in total. The molecule has 0 bridgehead atoms. The molecule has 0 heterocycles. The zero-order valence-electron chi connectivity index (χ0n) is 17.0. The minimum absolute atomic E-state index is 0.132.